The number of hydrogen-bond acceptors (Lipinski definition) is 12. The molecule has 2 N–H and O–H groups in total. The van der Waals surface area contributed by atoms with Gasteiger partial charge in [0.25, 0.3) is 17.4 Å². The molecule has 0 radical (unpaired) electrons. The van der Waals surface area contributed by atoms with Crippen LogP contribution in [0.2, 0.25) is 5.02 Å². The molecule has 18 nitrogen and oxygen atoms in total. The monoisotopic (exact) mass is 932 g/mol. The molecule has 7 heterocycles. The summed E-state index contributed by atoms with van der Waals surface area (Å²) in [5, 5.41) is 9.08. The van der Waals surface area contributed by atoms with Gasteiger partial charge in [-0.15, -0.1) is 5.10 Å². The summed E-state index contributed by atoms with van der Waals surface area (Å²) in [5.41, 5.74) is 1.17. The lowest BCUT2D eigenvalue weighted by molar-refractivity contribution is -0.138. The summed E-state index contributed by atoms with van der Waals surface area (Å²) < 4.78 is 48.1. The number of carbonyl (C=O) groups excluding carboxylic acids is 6. The van der Waals surface area contributed by atoms with Crippen LogP contribution >= 0.6 is 11.6 Å². The average molecular weight is 933 g/mol. The van der Waals surface area contributed by atoms with Crippen LogP contribution in [-0.2, 0) is 43.1 Å². The molecule has 4 aromatic rings. The predicted octanol–water partition coefficient (Wildman–Crippen LogP) is 3.53. The Hall–Kier alpha value is -6.61. The number of ether oxygens (including phenoxy) is 1. The van der Waals surface area contributed by atoms with E-state index >= 15 is 0 Å². The quantitative estimate of drug-likeness (QED) is 0.232. The van der Waals surface area contributed by atoms with Crippen LogP contribution in [0, 0.1) is 5.92 Å². The van der Waals surface area contributed by atoms with Gasteiger partial charge in [-0.2, -0.15) is 22.7 Å². The van der Waals surface area contributed by atoms with Gasteiger partial charge in [-0.3, -0.25) is 43.8 Å². The van der Waals surface area contributed by atoms with Gasteiger partial charge in [-0.1, -0.05) is 24.6 Å². The third-order valence-electron chi connectivity index (χ3n) is 12.8. The Morgan fingerprint density at radius 3 is 2.32 bits per heavy atom. The summed E-state index contributed by atoms with van der Waals surface area (Å²) in [6, 6.07) is 6.53. The van der Waals surface area contributed by atoms with E-state index < -0.39 is 52.9 Å². The second-order valence-corrected chi connectivity index (χ2v) is 17.1. The fourth-order valence-electron chi connectivity index (χ4n) is 9.37. The molecule has 66 heavy (non-hydrogen) atoms. The van der Waals surface area contributed by atoms with Gasteiger partial charge >= 0.3 is 6.18 Å². The molecule has 5 aliphatic rings. The molecular weight excluding hydrogens is 889 g/mol. The molecule has 2 aromatic carbocycles. The predicted molar refractivity (Wildman–Crippen MR) is 232 cm³/mol. The maximum absolute atomic E-state index is 14.4. The normalized spacial score (nSPS) is 19.7. The van der Waals surface area contributed by atoms with Gasteiger partial charge in [0, 0.05) is 57.3 Å². The van der Waals surface area contributed by atoms with Crippen molar-refractivity contribution in [1.29, 1.82) is 0 Å². The number of aromatic nitrogens is 4. The molecule has 5 aliphatic heterocycles. The van der Waals surface area contributed by atoms with Crippen LogP contribution in [0.5, 0.6) is 0 Å². The lowest BCUT2D eigenvalue weighted by atomic mass is 9.94. The molecule has 3 saturated heterocycles. The second kappa shape index (κ2) is 17.6. The minimum atomic E-state index is -4.63. The van der Waals surface area contributed by atoms with E-state index in [-0.39, 0.29) is 64.5 Å². The van der Waals surface area contributed by atoms with Crippen molar-refractivity contribution in [2.75, 3.05) is 67.6 Å². The number of piperazine rings is 1. The van der Waals surface area contributed by atoms with Crippen molar-refractivity contribution >= 4 is 75.5 Å². The van der Waals surface area contributed by atoms with E-state index in [4.69, 9.17) is 21.3 Å². The molecule has 1 atom stereocenters. The summed E-state index contributed by atoms with van der Waals surface area (Å²) >= 11 is 6.17. The Labute approximate surface area is 379 Å². The van der Waals surface area contributed by atoms with Crippen molar-refractivity contribution in [1.82, 2.24) is 34.3 Å². The van der Waals surface area contributed by atoms with Crippen LogP contribution in [0.4, 0.5) is 30.2 Å². The number of hydrogen-bond donors (Lipinski definition) is 2. The number of benzene rings is 2. The fourth-order valence-corrected chi connectivity index (χ4v) is 9.60. The minimum absolute atomic E-state index is 0.0169. The summed E-state index contributed by atoms with van der Waals surface area (Å²) in [5.74, 6) is -2.83. The molecule has 346 valence electrons. The third kappa shape index (κ3) is 8.29. The number of nitrogens with one attached hydrogen (secondary N) is 2. The number of halogens is 4. The Morgan fingerprint density at radius 1 is 0.909 bits per heavy atom. The van der Waals surface area contributed by atoms with E-state index in [0.29, 0.717) is 95.4 Å². The van der Waals surface area contributed by atoms with Crippen LogP contribution in [-0.4, -0.2) is 123 Å². The Bertz CT molecular complexity index is 2790. The molecule has 0 saturated carbocycles. The number of anilines is 3. The number of fused-ring (bicyclic) bond motifs is 2. The van der Waals surface area contributed by atoms with E-state index in [1.807, 2.05) is 22.8 Å². The van der Waals surface area contributed by atoms with E-state index in [0.717, 1.165) is 33.2 Å². The highest BCUT2D eigenvalue weighted by atomic mass is 35.5. The number of imide groups is 2. The van der Waals surface area contributed by atoms with Crippen molar-refractivity contribution in [3.8, 4) is 0 Å². The molecular formula is C44H44ClF3N10O8. The zero-order valence-corrected chi connectivity index (χ0v) is 36.4. The molecule has 0 bridgehead atoms. The second-order valence-electron chi connectivity index (χ2n) is 16.7. The molecule has 2 aromatic heterocycles. The van der Waals surface area contributed by atoms with Crippen molar-refractivity contribution in [2.24, 2.45) is 5.92 Å². The average Bonchev–Trinajstić information content (AvgIpc) is 3.87. The number of amides is 6. The summed E-state index contributed by atoms with van der Waals surface area (Å²) in [6.45, 7) is 4.47. The van der Waals surface area contributed by atoms with Gasteiger partial charge in [-0.05, 0) is 74.1 Å². The van der Waals surface area contributed by atoms with Crippen LogP contribution in [0.15, 0.2) is 47.3 Å². The molecule has 22 heteroatoms. The van der Waals surface area contributed by atoms with Crippen LogP contribution in [0.25, 0.3) is 11.4 Å². The highest BCUT2D eigenvalue weighted by Crippen LogP contribution is 2.35. The first-order chi connectivity index (χ1) is 31.6. The van der Waals surface area contributed by atoms with Crippen LogP contribution < -0.4 is 26.0 Å². The van der Waals surface area contributed by atoms with Gasteiger partial charge in [-0.25, -0.2) is 0 Å². The Morgan fingerprint density at radius 2 is 1.65 bits per heavy atom. The van der Waals surface area contributed by atoms with E-state index in [2.05, 4.69) is 15.7 Å². The fraction of sp³-hybridized carbons (Fsp3) is 0.432. The first-order valence-corrected chi connectivity index (χ1v) is 22.1. The lowest BCUT2D eigenvalue weighted by Crippen LogP contribution is -2.54. The third-order valence-corrected chi connectivity index (χ3v) is 13.1. The van der Waals surface area contributed by atoms with Gasteiger partial charge < -0.3 is 29.3 Å². The van der Waals surface area contributed by atoms with Crippen molar-refractivity contribution < 1.29 is 46.7 Å². The smallest absolute Gasteiger partial charge is 0.377 e. The topological polar surface area (TPSA) is 201 Å². The molecule has 3 fully saturated rings. The first-order valence-electron chi connectivity index (χ1n) is 21.7. The largest absolute Gasteiger partial charge is 0.416 e. The standard InChI is InChI=1S/C44H44ClF3N10O8/c1-2-32-36(42(65)58-43(51-37(52-58)24-11-19-66-20-12-24)56(32)23-35(60)49-31-6-3-26(21-30(31)45)44(46,47)48)54-15-17-55(18-16-54)39(62)25-9-13-53(14-10-25)27-4-5-28-29(22-27)41(64)57(40(28)63)33-7-8-34(59)50-38(33)61/h3-6,11,21-22,25,33H,2,7-10,12-20,23H2,1H3,(H,49,60)(H,50,59,61). The zero-order chi connectivity index (χ0) is 46.6. The van der Waals surface area contributed by atoms with E-state index in [1.165, 1.54) is 0 Å². The Balaban J connectivity index is 0.887. The molecule has 9 rings (SSSR count). The van der Waals surface area contributed by atoms with Gasteiger partial charge in [0.05, 0.1) is 46.3 Å². The summed E-state index contributed by atoms with van der Waals surface area (Å²) in [4.78, 5) is 104. The zero-order valence-electron chi connectivity index (χ0n) is 35.7. The minimum Gasteiger partial charge on any atom is -0.377 e. The number of alkyl halides is 3. The number of carbonyl (C=O) groups is 6. The first kappa shape index (κ1) is 44.6. The van der Waals surface area contributed by atoms with Gasteiger partial charge in [0.15, 0.2) is 5.82 Å². The Kier molecular flexibility index (Phi) is 11.9. The van der Waals surface area contributed by atoms with Gasteiger partial charge in [0.2, 0.25) is 29.4 Å². The van der Waals surface area contributed by atoms with Crippen molar-refractivity contribution in [2.45, 2.75) is 64.2 Å². The number of rotatable bonds is 9. The van der Waals surface area contributed by atoms with E-state index in [1.54, 1.807) is 27.7 Å². The molecule has 1 unspecified atom stereocenters. The van der Waals surface area contributed by atoms with Crippen LogP contribution in [0.3, 0.4) is 0 Å². The molecule has 6 amide bonds. The maximum Gasteiger partial charge on any atom is 0.416 e. The number of piperidine rings is 2. The highest BCUT2D eigenvalue weighted by molar-refractivity contribution is 6.33. The number of nitrogens with zero attached hydrogens (tertiary/aromatic N) is 8. The van der Waals surface area contributed by atoms with Crippen molar-refractivity contribution in [3.63, 3.8) is 0 Å². The highest BCUT2D eigenvalue weighted by Gasteiger charge is 2.45. The summed E-state index contributed by atoms with van der Waals surface area (Å²) in [6.07, 6.45) is -0.863. The molecule has 0 spiro atoms. The van der Waals surface area contributed by atoms with Crippen molar-refractivity contribution in [3.05, 3.63) is 86.1 Å². The molecule has 0 aliphatic carbocycles. The van der Waals surface area contributed by atoms with E-state index in [9.17, 15) is 46.7 Å². The SMILES string of the molecule is CCc1c(N2CCN(C(=O)C3CCN(c4ccc5c(c4)C(=O)N(C4CCC(=O)NC4=O)C5=O)CC3)CC2)c(=O)n2nc(C3=CCOCC3)nc2n1CC(=O)Nc1ccc(C(F)(F)F)cc1Cl. The lowest BCUT2D eigenvalue weighted by Gasteiger charge is -2.40. The maximum atomic E-state index is 14.4. The van der Waals surface area contributed by atoms with Gasteiger partial charge in [0.1, 0.15) is 18.3 Å². The summed E-state index contributed by atoms with van der Waals surface area (Å²) in [7, 11) is 0. The van der Waals surface area contributed by atoms with Crippen LogP contribution in [0.1, 0.15) is 76.8 Å².